The predicted octanol–water partition coefficient (Wildman–Crippen LogP) is 2.50. The first-order chi connectivity index (χ1) is 6.65. The van der Waals surface area contributed by atoms with E-state index in [0.29, 0.717) is 5.88 Å². The molecule has 0 N–H and O–H groups in total. The average Bonchev–Trinajstić information content (AvgIpc) is 2.12. The Morgan fingerprint density at radius 2 is 1.86 bits per heavy atom. The minimum Gasteiger partial charge on any atom is -0.548 e. The molecule has 0 fully saturated rings. The molecule has 0 aliphatic carbocycles. The minimum atomic E-state index is 0.267. The fraction of sp³-hybridized carbons (Fsp3) is 0.600. The Kier molecular flexibility index (Phi) is 3.92. The molecule has 0 aromatic carbocycles. The van der Waals surface area contributed by atoms with Crippen LogP contribution in [0.1, 0.15) is 25.4 Å². The van der Waals surface area contributed by atoms with E-state index in [1.807, 2.05) is 19.9 Å². The Hall–Kier alpha value is -1.06. The van der Waals surface area contributed by atoms with Gasteiger partial charge in [0.15, 0.2) is 5.88 Å². The summed E-state index contributed by atoms with van der Waals surface area (Å²) in [5.41, 5.74) is 0.957. The van der Waals surface area contributed by atoms with Gasteiger partial charge in [-0.2, -0.15) is 0 Å². The zero-order valence-corrected chi connectivity index (χ0v) is 9.37. The molecule has 0 spiro atoms. The molecule has 0 bridgehead atoms. The summed E-state index contributed by atoms with van der Waals surface area (Å²) in [7, 11) is 0. The highest BCUT2D eigenvalue weighted by atomic mass is 16.4. The first-order valence-electron chi connectivity index (χ1n) is 5.14. The monoisotopic (exact) mass is 192 g/mol. The zero-order chi connectivity index (χ0) is 10.6. The fourth-order valence-electron chi connectivity index (χ4n) is 1.37. The largest absolute Gasteiger partial charge is 0.548 e. The van der Waals surface area contributed by atoms with Crippen LogP contribution in [0, 0.1) is 13.8 Å². The van der Waals surface area contributed by atoms with Gasteiger partial charge in [0.2, 0.25) is 0 Å². The first-order valence-corrected chi connectivity index (χ1v) is 5.14. The molecule has 0 amide bonds. The molecular formula is C10H17BN2O. The van der Waals surface area contributed by atoms with E-state index in [0.717, 1.165) is 24.2 Å². The number of hydrogen-bond donors (Lipinski definition) is 0. The maximum atomic E-state index is 5.72. The van der Waals surface area contributed by atoms with Crippen molar-refractivity contribution in [3.05, 3.63) is 17.6 Å². The molecule has 0 aliphatic heterocycles. The highest BCUT2D eigenvalue weighted by molar-refractivity contribution is 6.52. The average molecular weight is 192 g/mol. The quantitative estimate of drug-likeness (QED) is 0.687. The van der Waals surface area contributed by atoms with Gasteiger partial charge >= 0.3 is 6.92 Å². The van der Waals surface area contributed by atoms with Gasteiger partial charge in [-0.25, -0.2) is 9.97 Å². The van der Waals surface area contributed by atoms with E-state index in [1.54, 1.807) is 0 Å². The van der Waals surface area contributed by atoms with Crippen molar-refractivity contribution >= 4 is 6.92 Å². The summed E-state index contributed by atoms with van der Waals surface area (Å²) in [4.78, 5) is 8.44. The molecule has 14 heavy (non-hydrogen) atoms. The first kappa shape index (κ1) is 11.0. The molecule has 1 rings (SSSR count). The topological polar surface area (TPSA) is 35.0 Å². The van der Waals surface area contributed by atoms with Gasteiger partial charge in [0.1, 0.15) is 5.82 Å². The van der Waals surface area contributed by atoms with Gasteiger partial charge in [0, 0.05) is 11.8 Å². The van der Waals surface area contributed by atoms with Crippen molar-refractivity contribution in [1.82, 2.24) is 9.97 Å². The third-order valence-electron chi connectivity index (χ3n) is 2.14. The van der Waals surface area contributed by atoms with E-state index < -0.39 is 0 Å². The summed E-state index contributed by atoms with van der Waals surface area (Å²) >= 11 is 0. The molecule has 4 heteroatoms. The minimum absolute atomic E-state index is 0.267. The molecule has 3 nitrogen and oxygen atoms in total. The molecule has 0 saturated heterocycles. The second-order valence-electron chi connectivity index (χ2n) is 3.45. The molecule has 1 aromatic heterocycles. The van der Waals surface area contributed by atoms with Crippen molar-refractivity contribution in [2.24, 2.45) is 0 Å². The Labute approximate surface area is 86.0 Å². The van der Waals surface area contributed by atoms with E-state index >= 15 is 0 Å². The summed E-state index contributed by atoms with van der Waals surface area (Å²) in [6.45, 7) is 8.34. The van der Waals surface area contributed by atoms with Gasteiger partial charge in [-0.1, -0.05) is 13.8 Å². The lowest BCUT2D eigenvalue weighted by Crippen LogP contribution is -2.19. The van der Waals surface area contributed by atoms with Crippen LogP contribution in [0.3, 0.4) is 0 Å². The summed E-state index contributed by atoms with van der Waals surface area (Å²) in [6.07, 6.45) is 2.02. The molecule has 0 unspecified atom stereocenters. The Morgan fingerprint density at radius 1 is 1.21 bits per heavy atom. The number of hydrogen-bond acceptors (Lipinski definition) is 3. The lowest BCUT2D eigenvalue weighted by Gasteiger charge is -2.12. The molecule has 0 radical (unpaired) electrons. The third-order valence-corrected chi connectivity index (χ3v) is 2.14. The lowest BCUT2D eigenvalue weighted by molar-refractivity contribution is 0.536. The van der Waals surface area contributed by atoms with Gasteiger partial charge in [0.05, 0.1) is 0 Å². The second kappa shape index (κ2) is 4.98. The molecule has 1 heterocycles. The summed E-state index contributed by atoms with van der Waals surface area (Å²) < 4.78 is 5.72. The van der Waals surface area contributed by atoms with Crippen LogP contribution in [0.5, 0.6) is 5.88 Å². The van der Waals surface area contributed by atoms with Gasteiger partial charge in [-0.05, 0) is 26.5 Å². The van der Waals surface area contributed by atoms with E-state index in [-0.39, 0.29) is 6.92 Å². The standard InChI is InChI=1S/C10H17BN2O/c1-5-11(6-2)14-10-7-8(3)12-9(4)13-10/h7H,5-6H2,1-4H3. The van der Waals surface area contributed by atoms with Gasteiger partial charge in [-0.15, -0.1) is 0 Å². The maximum absolute atomic E-state index is 5.72. The van der Waals surface area contributed by atoms with Gasteiger partial charge < -0.3 is 4.65 Å². The van der Waals surface area contributed by atoms with Crippen molar-refractivity contribution in [2.75, 3.05) is 0 Å². The zero-order valence-electron chi connectivity index (χ0n) is 9.37. The van der Waals surface area contributed by atoms with Crippen LogP contribution in [-0.4, -0.2) is 16.9 Å². The number of rotatable bonds is 4. The normalized spacial score (nSPS) is 10.0. The van der Waals surface area contributed by atoms with Crippen LogP contribution >= 0.6 is 0 Å². The lowest BCUT2D eigenvalue weighted by atomic mass is 9.63. The Morgan fingerprint density at radius 3 is 2.36 bits per heavy atom. The number of aromatic nitrogens is 2. The van der Waals surface area contributed by atoms with Gasteiger partial charge in [-0.3, -0.25) is 0 Å². The smallest absolute Gasteiger partial charge is 0.359 e. The fourth-order valence-corrected chi connectivity index (χ4v) is 1.37. The van der Waals surface area contributed by atoms with Crippen molar-refractivity contribution in [2.45, 2.75) is 40.3 Å². The third kappa shape index (κ3) is 3.02. The summed E-state index contributed by atoms with van der Waals surface area (Å²) in [6, 6.07) is 1.88. The van der Waals surface area contributed by atoms with Gasteiger partial charge in [0.25, 0.3) is 0 Å². The highest BCUT2D eigenvalue weighted by Gasteiger charge is 2.13. The van der Waals surface area contributed by atoms with Crippen molar-refractivity contribution < 1.29 is 4.65 Å². The van der Waals surface area contributed by atoms with Crippen molar-refractivity contribution in [3.63, 3.8) is 0 Å². The van der Waals surface area contributed by atoms with E-state index in [4.69, 9.17) is 4.65 Å². The predicted molar refractivity (Wildman–Crippen MR) is 58.9 cm³/mol. The SMILES string of the molecule is CCB(CC)Oc1cc(C)nc(C)n1. The highest BCUT2D eigenvalue weighted by Crippen LogP contribution is 2.12. The number of aryl methyl sites for hydroxylation is 2. The van der Waals surface area contributed by atoms with E-state index in [1.165, 1.54) is 0 Å². The van der Waals surface area contributed by atoms with Crippen LogP contribution in [0.4, 0.5) is 0 Å². The molecule has 0 saturated carbocycles. The van der Waals surface area contributed by atoms with Crippen LogP contribution in [-0.2, 0) is 0 Å². The second-order valence-corrected chi connectivity index (χ2v) is 3.45. The van der Waals surface area contributed by atoms with Crippen LogP contribution in [0.15, 0.2) is 6.07 Å². The Balaban J connectivity index is 2.75. The van der Waals surface area contributed by atoms with Crippen LogP contribution in [0.25, 0.3) is 0 Å². The molecule has 1 aromatic rings. The van der Waals surface area contributed by atoms with Crippen LogP contribution < -0.4 is 4.65 Å². The maximum Gasteiger partial charge on any atom is 0.359 e. The Bertz CT molecular complexity index is 280. The molecule has 0 atom stereocenters. The molecule has 0 aliphatic rings. The van der Waals surface area contributed by atoms with Crippen molar-refractivity contribution in [3.8, 4) is 5.88 Å². The van der Waals surface area contributed by atoms with Crippen LogP contribution in [0.2, 0.25) is 12.6 Å². The number of nitrogens with zero attached hydrogens (tertiary/aromatic N) is 2. The summed E-state index contributed by atoms with van der Waals surface area (Å²) in [5.74, 6) is 1.47. The van der Waals surface area contributed by atoms with E-state index in [2.05, 4.69) is 23.8 Å². The van der Waals surface area contributed by atoms with Crippen molar-refractivity contribution in [1.29, 1.82) is 0 Å². The molecular weight excluding hydrogens is 175 g/mol. The van der Waals surface area contributed by atoms with E-state index in [9.17, 15) is 0 Å². The molecule has 76 valence electrons. The summed E-state index contributed by atoms with van der Waals surface area (Å²) in [5, 5.41) is 0.